The minimum Gasteiger partial charge on any atom is -0.351 e. The molecular weight excluding hydrogens is 202 g/mol. The van der Waals surface area contributed by atoms with Crippen molar-refractivity contribution >= 4 is 24.3 Å². The average molecular weight is 214 g/mol. The maximum atomic E-state index is 10.1. The van der Waals surface area contributed by atoms with Gasteiger partial charge in [-0.2, -0.15) is 0 Å². The molecule has 0 bridgehead atoms. The summed E-state index contributed by atoms with van der Waals surface area (Å²) in [6.07, 6.45) is 1.52. The number of aldehydes is 1. The molecule has 0 aliphatic heterocycles. The van der Waals surface area contributed by atoms with E-state index in [-0.39, 0.29) is 0 Å². The van der Waals surface area contributed by atoms with E-state index in [1.807, 2.05) is 0 Å². The highest BCUT2D eigenvalue weighted by molar-refractivity contribution is 6.30. The molecule has 76 valence electrons. The van der Waals surface area contributed by atoms with Crippen LogP contribution in [0.5, 0.6) is 0 Å². The summed E-state index contributed by atoms with van der Waals surface area (Å²) in [5.74, 6) is 0. The fourth-order valence-electron chi connectivity index (χ4n) is 0.580. The van der Waals surface area contributed by atoms with Gasteiger partial charge in [0.15, 0.2) is 0 Å². The summed E-state index contributed by atoms with van der Waals surface area (Å²) in [6.45, 7) is 0. The molecule has 0 aromatic heterocycles. The van der Waals surface area contributed by atoms with Crippen molar-refractivity contribution in [1.82, 2.24) is 4.90 Å². The summed E-state index contributed by atoms with van der Waals surface area (Å²) in [7, 11) is 3.38. The first-order chi connectivity index (χ1) is 6.60. The molecule has 0 heterocycles. The number of halogens is 1. The Hall–Kier alpha value is -1.35. The maximum Gasteiger partial charge on any atom is 0.209 e. The van der Waals surface area contributed by atoms with Crippen LogP contribution in [0.2, 0.25) is 5.02 Å². The molecule has 0 atom stereocenters. The largest absolute Gasteiger partial charge is 0.351 e. The molecule has 0 radical (unpaired) electrons. The van der Waals surface area contributed by atoms with Crippen molar-refractivity contribution in [1.29, 1.82) is 0 Å². The monoisotopic (exact) mass is 213 g/mol. The van der Waals surface area contributed by atoms with Gasteiger partial charge < -0.3 is 4.90 Å². The predicted octanol–water partition coefficient (Wildman–Crippen LogP) is 1.86. The van der Waals surface area contributed by atoms with Crippen LogP contribution in [-0.2, 0) is 4.79 Å². The van der Waals surface area contributed by atoms with Gasteiger partial charge in [0.1, 0.15) is 6.29 Å². The molecule has 0 aliphatic carbocycles. The second kappa shape index (κ2) is 7.09. The summed E-state index contributed by atoms with van der Waals surface area (Å²) in [5, 5.41) is 0.597. The fourth-order valence-corrected chi connectivity index (χ4v) is 0.779. The molecule has 1 aromatic carbocycles. The summed E-state index contributed by atoms with van der Waals surface area (Å²) in [5.41, 5.74) is 0.613. The van der Waals surface area contributed by atoms with Gasteiger partial charge in [0, 0.05) is 24.7 Å². The Balaban J connectivity index is 0.000000292. The summed E-state index contributed by atoms with van der Waals surface area (Å²) >= 11 is 5.56. The second-order valence-corrected chi connectivity index (χ2v) is 3.18. The average Bonchev–Trinajstić information content (AvgIpc) is 2.18. The Morgan fingerprint density at radius 3 is 2.14 bits per heavy atom. The van der Waals surface area contributed by atoms with Crippen LogP contribution in [0.4, 0.5) is 0 Å². The molecule has 1 rings (SSSR count). The maximum absolute atomic E-state index is 10.1. The van der Waals surface area contributed by atoms with Crippen molar-refractivity contribution in [2.24, 2.45) is 0 Å². The normalized spacial score (nSPS) is 8.21. The van der Waals surface area contributed by atoms with Gasteiger partial charge in [-0.3, -0.25) is 9.59 Å². The van der Waals surface area contributed by atoms with Crippen LogP contribution in [0.3, 0.4) is 0 Å². The summed E-state index contributed by atoms with van der Waals surface area (Å²) in [6, 6.07) is 6.80. The Morgan fingerprint density at radius 2 is 1.86 bits per heavy atom. The lowest BCUT2D eigenvalue weighted by atomic mass is 10.2. The minimum atomic E-state index is 0.597. The lowest BCUT2D eigenvalue weighted by Gasteiger charge is -1.93. The van der Waals surface area contributed by atoms with Gasteiger partial charge in [0.2, 0.25) is 6.41 Å². The van der Waals surface area contributed by atoms with E-state index in [0.717, 1.165) is 12.7 Å². The quantitative estimate of drug-likeness (QED) is 0.704. The number of benzene rings is 1. The zero-order valence-electron chi connectivity index (χ0n) is 8.11. The van der Waals surface area contributed by atoms with Gasteiger partial charge in [0.05, 0.1) is 0 Å². The first-order valence-electron chi connectivity index (χ1n) is 3.92. The first kappa shape index (κ1) is 12.7. The van der Waals surface area contributed by atoms with Crippen molar-refractivity contribution in [2.45, 2.75) is 0 Å². The third-order valence-electron chi connectivity index (χ3n) is 1.20. The van der Waals surface area contributed by atoms with Crippen LogP contribution in [-0.4, -0.2) is 31.7 Å². The Labute approximate surface area is 88.3 Å². The highest BCUT2D eigenvalue weighted by Crippen LogP contribution is 2.08. The molecule has 0 aliphatic rings. The van der Waals surface area contributed by atoms with E-state index in [0.29, 0.717) is 10.6 Å². The molecule has 14 heavy (non-hydrogen) atoms. The van der Waals surface area contributed by atoms with E-state index in [1.165, 1.54) is 4.90 Å². The van der Waals surface area contributed by atoms with Gasteiger partial charge in [-0.05, 0) is 12.1 Å². The van der Waals surface area contributed by atoms with E-state index < -0.39 is 0 Å². The topological polar surface area (TPSA) is 37.4 Å². The van der Waals surface area contributed by atoms with Crippen molar-refractivity contribution in [3.05, 3.63) is 34.9 Å². The molecule has 0 saturated carbocycles. The smallest absolute Gasteiger partial charge is 0.209 e. The minimum absolute atomic E-state index is 0.597. The van der Waals surface area contributed by atoms with Gasteiger partial charge in [-0.15, -0.1) is 0 Å². The fraction of sp³-hybridized carbons (Fsp3) is 0.200. The predicted molar refractivity (Wildman–Crippen MR) is 56.6 cm³/mol. The van der Waals surface area contributed by atoms with E-state index in [4.69, 9.17) is 11.6 Å². The van der Waals surface area contributed by atoms with Crippen molar-refractivity contribution < 1.29 is 9.59 Å². The SMILES string of the molecule is CN(C)C=O.O=Cc1cccc(Cl)c1. The highest BCUT2D eigenvalue weighted by Gasteiger charge is 1.87. The summed E-state index contributed by atoms with van der Waals surface area (Å²) < 4.78 is 0. The zero-order chi connectivity index (χ0) is 11.0. The van der Waals surface area contributed by atoms with Gasteiger partial charge in [0.25, 0.3) is 0 Å². The van der Waals surface area contributed by atoms with Gasteiger partial charge in [-0.25, -0.2) is 0 Å². The molecule has 0 saturated heterocycles. The second-order valence-electron chi connectivity index (χ2n) is 2.74. The van der Waals surface area contributed by atoms with Crippen LogP contribution in [0.25, 0.3) is 0 Å². The van der Waals surface area contributed by atoms with Gasteiger partial charge >= 0.3 is 0 Å². The van der Waals surface area contributed by atoms with Gasteiger partial charge in [-0.1, -0.05) is 23.7 Å². The summed E-state index contributed by atoms with van der Waals surface area (Å²) in [4.78, 5) is 21.0. The van der Waals surface area contributed by atoms with E-state index in [2.05, 4.69) is 0 Å². The number of amides is 1. The number of nitrogens with zero attached hydrogens (tertiary/aromatic N) is 1. The Bertz CT molecular complexity index is 300. The molecule has 0 N–H and O–H groups in total. The van der Waals surface area contributed by atoms with E-state index in [9.17, 15) is 9.59 Å². The molecule has 1 amide bonds. The number of carbonyl (C=O) groups is 2. The molecule has 0 unspecified atom stereocenters. The third kappa shape index (κ3) is 6.20. The zero-order valence-corrected chi connectivity index (χ0v) is 8.86. The van der Waals surface area contributed by atoms with Crippen molar-refractivity contribution in [3.8, 4) is 0 Å². The molecular formula is C10H12ClNO2. The Morgan fingerprint density at radius 1 is 1.29 bits per heavy atom. The number of hydrogen-bond acceptors (Lipinski definition) is 2. The molecule has 0 spiro atoms. The number of hydrogen-bond donors (Lipinski definition) is 0. The number of carbonyl (C=O) groups excluding carboxylic acids is 2. The van der Waals surface area contributed by atoms with Crippen LogP contribution in [0.15, 0.2) is 24.3 Å². The van der Waals surface area contributed by atoms with E-state index in [1.54, 1.807) is 38.4 Å². The standard InChI is InChI=1S/C7H5ClO.C3H7NO/c8-7-3-1-2-6(4-7)5-9;1-4(2)3-5/h1-5H;3H,1-2H3. The Kier molecular flexibility index (Phi) is 6.41. The number of rotatable bonds is 2. The van der Waals surface area contributed by atoms with Crippen molar-refractivity contribution in [3.63, 3.8) is 0 Å². The molecule has 1 aromatic rings. The van der Waals surface area contributed by atoms with E-state index >= 15 is 0 Å². The van der Waals surface area contributed by atoms with Crippen LogP contribution < -0.4 is 0 Å². The third-order valence-corrected chi connectivity index (χ3v) is 1.43. The molecule has 0 fully saturated rings. The van der Waals surface area contributed by atoms with Crippen LogP contribution in [0.1, 0.15) is 10.4 Å². The van der Waals surface area contributed by atoms with Crippen molar-refractivity contribution in [2.75, 3.05) is 14.1 Å². The van der Waals surface area contributed by atoms with Crippen LogP contribution in [0, 0.1) is 0 Å². The highest BCUT2D eigenvalue weighted by atomic mass is 35.5. The molecule has 3 nitrogen and oxygen atoms in total. The lowest BCUT2D eigenvalue weighted by Crippen LogP contribution is -2.06. The first-order valence-corrected chi connectivity index (χ1v) is 4.30. The molecule has 4 heteroatoms. The van der Waals surface area contributed by atoms with Crippen LogP contribution >= 0.6 is 11.6 Å². The lowest BCUT2D eigenvalue weighted by molar-refractivity contribution is -0.115.